The van der Waals surface area contributed by atoms with Crippen LogP contribution in [0.25, 0.3) is 0 Å². The molecule has 1 aromatic heterocycles. The van der Waals surface area contributed by atoms with Crippen molar-refractivity contribution in [2.24, 2.45) is 7.05 Å². The molecule has 16 heavy (non-hydrogen) atoms. The molecule has 1 aromatic carbocycles. The predicted molar refractivity (Wildman–Crippen MR) is 58.7 cm³/mol. The number of aromatic nitrogens is 2. The van der Waals surface area contributed by atoms with Crippen LogP contribution >= 0.6 is 0 Å². The Morgan fingerprint density at radius 3 is 2.75 bits per heavy atom. The molecule has 0 unspecified atom stereocenters. The fourth-order valence-corrected chi connectivity index (χ4v) is 1.68. The molecule has 0 radical (unpaired) electrons. The van der Waals surface area contributed by atoms with E-state index in [2.05, 4.69) is 4.98 Å². The highest BCUT2D eigenvalue weighted by molar-refractivity contribution is 5.28. The Kier molecular flexibility index (Phi) is 2.90. The summed E-state index contributed by atoms with van der Waals surface area (Å²) in [5.41, 5.74) is 1.88. The molecule has 0 fully saturated rings. The summed E-state index contributed by atoms with van der Waals surface area (Å²) in [5, 5.41) is 9.25. The van der Waals surface area contributed by atoms with Crippen LogP contribution < -0.4 is 0 Å². The summed E-state index contributed by atoms with van der Waals surface area (Å²) in [6.07, 6.45) is 4.99. The minimum atomic E-state index is -0.403. The van der Waals surface area contributed by atoms with Crippen molar-refractivity contribution < 1.29 is 9.50 Å². The van der Waals surface area contributed by atoms with Gasteiger partial charge in [-0.25, -0.2) is 9.37 Å². The number of hydrogen-bond donors (Lipinski definition) is 1. The molecule has 0 aliphatic rings. The SMILES string of the molecule is Cn1cncc1CCc1cc(O)cc(F)c1. The normalized spacial score (nSPS) is 10.6. The van der Waals surface area contributed by atoms with Gasteiger partial charge < -0.3 is 9.67 Å². The number of hydrogen-bond acceptors (Lipinski definition) is 2. The van der Waals surface area contributed by atoms with Crippen molar-refractivity contribution in [3.63, 3.8) is 0 Å². The van der Waals surface area contributed by atoms with E-state index in [1.807, 2.05) is 11.6 Å². The van der Waals surface area contributed by atoms with Gasteiger partial charge in [-0.05, 0) is 30.5 Å². The number of phenols is 1. The first kappa shape index (κ1) is 10.7. The molecule has 2 aromatic rings. The number of aromatic hydroxyl groups is 1. The van der Waals surface area contributed by atoms with Crippen molar-refractivity contribution in [2.75, 3.05) is 0 Å². The van der Waals surface area contributed by atoms with Gasteiger partial charge in [0.1, 0.15) is 11.6 Å². The molecule has 84 valence electrons. The summed E-state index contributed by atoms with van der Waals surface area (Å²) in [7, 11) is 1.92. The number of phenolic OH excluding ortho intramolecular Hbond substituents is 1. The third kappa shape index (κ3) is 2.39. The van der Waals surface area contributed by atoms with Crippen LogP contribution in [0.5, 0.6) is 5.75 Å². The van der Waals surface area contributed by atoms with Crippen molar-refractivity contribution in [1.29, 1.82) is 0 Å². The molecule has 0 atom stereocenters. The maximum Gasteiger partial charge on any atom is 0.127 e. The Balaban J connectivity index is 2.07. The average molecular weight is 220 g/mol. The summed E-state index contributed by atoms with van der Waals surface area (Å²) < 4.78 is 14.9. The standard InChI is InChI=1S/C12H13FN2O/c1-15-8-14-7-11(15)3-2-9-4-10(13)6-12(16)5-9/h4-8,16H,2-3H2,1H3. The first-order chi connectivity index (χ1) is 7.65. The highest BCUT2D eigenvalue weighted by Crippen LogP contribution is 2.16. The maximum absolute atomic E-state index is 13.0. The van der Waals surface area contributed by atoms with Gasteiger partial charge in [0.15, 0.2) is 0 Å². The fourth-order valence-electron chi connectivity index (χ4n) is 1.68. The van der Waals surface area contributed by atoms with Crippen molar-refractivity contribution in [3.05, 3.63) is 47.8 Å². The molecule has 1 heterocycles. The molecule has 0 spiro atoms. The van der Waals surface area contributed by atoms with E-state index >= 15 is 0 Å². The van der Waals surface area contributed by atoms with Crippen LogP contribution in [0, 0.1) is 5.82 Å². The molecule has 0 bridgehead atoms. The van der Waals surface area contributed by atoms with E-state index in [0.29, 0.717) is 6.42 Å². The minimum absolute atomic E-state index is 0.0278. The highest BCUT2D eigenvalue weighted by atomic mass is 19.1. The zero-order valence-electron chi connectivity index (χ0n) is 9.02. The Bertz CT molecular complexity index is 473. The first-order valence-electron chi connectivity index (χ1n) is 5.09. The number of benzene rings is 1. The molecule has 3 nitrogen and oxygen atoms in total. The number of aryl methyl sites for hydroxylation is 3. The smallest absolute Gasteiger partial charge is 0.127 e. The van der Waals surface area contributed by atoms with Gasteiger partial charge in [-0.1, -0.05) is 0 Å². The number of imidazole rings is 1. The van der Waals surface area contributed by atoms with Crippen molar-refractivity contribution in [2.45, 2.75) is 12.8 Å². The van der Waals surface area contributed by atoms with Gasteiger partial charge >= 0.3 is 0 Å². The lowest BCUT2D eigenvalue weighted by Gasteiger charge is -2.03. The lowest BCUT2D eigenvalue weighted by Crippen LogP contribution is -1.98. The summed E-state index contributed by atoms with van der Waals surface area (Å²) in [6, 6.07) is 4.13. The fraction of sp³-hybridized carbons (Fsp3) is 0.250. The van der Waals surface area contributed by atoms with E-state index in [4.69, 9.17) is 0 Å². The van der Waals surface area contributed by atoms with Crippen LogP contribution in [0.15, 0.2) is 30.7 Å². The van der Waals surface area contributed by atoms with E-state index in [-0.39, 0.29) is 5.75 Å². The van der Waals surface area contributed by atoms with E-state index in [9.17, 15) is 9.50 Å². The number of rotatable bonds is 3. The van der Waals surface area contributed by atoms with Gasteiger partial charge in [0, 0.05) is 25.0 Å². The first-order valence-corrected chi connectivity index (χ1v) is 5.09. The van der Waals surface area contributed by atoms with Crippen LogP contribution in [-0.2, 0) is 19.9 Å². The largest absolute Gasteiger partial charge is 0.508 e. The Morgan fingerprint density at radius 2 is 2.12 bits per heavy atom. The second kappa shape index (κ2) is 4.35. The van der Waals surface area contributed by atoms with Gasteiger partial charge in [-0.15, -0.1) is 0 Å². The molecule has 2 rings (SSSR count). The van der Waals surface area contributed by atoms with Gasteiger partial charge in [-0.2, -0.15) is 0 Å². The molecule has 1 N–H and O–H groups in total. The van der Waals surface area contributed by atoms with Gasteiger partial charge in [0.2, 0.25) is 0 Å². The molecule has 0 aliphatic carbocycles. The number of nitrogens with zero attached hydrogens (tertiary/aromatic N) is 2. The third-order valence-electron chi connectivity index (χ3n) is 2.53. The summed E-state index contributed by atoms with van der Waals surface area (Å²) >= 11 is 0. The Labute approximate surface area is 93.2 Å². The second-order valence-electron chi connectivity index (χ2n) is 3.81. The van der Waals surface area contributed by atoms with Gasteiger partial charge in [0.25, 0.3) is 0 Å². The summed E-state index contributed by atoms with van der Waals surface area (Å²) in [4.78, 5) is 4.01. The maximum atomic E-state index is 13.0. The monoisotopic (exact) mass is 220 g/mol. The van der Waals surface area contributed by atoms with E-state index in [1.165, 1.54) is 6.07 Å². The Hall–Kier alpha value is -1.84. The molecule has 0 amide bonds. The molecule has 0 saturated heterocycles. The van der Waals surface area contributed by atoms with Crippen LogP contribution in [0.3, 0.4) is 0 Å². The third-order valence-corrected chi connectivity index (χ3v) is 2.53. The van der Waals surface area contributed by atoms with E-state index in [0.717, 1.165) is 23.7 Å². The van der Waals surface area contributed by atoms with Crippen LogP contribution in [-0.4, -0.2) is 14.7 Å². The van der Waals surface area contributed by atoms with E-state index in [1.54, 1.807) is 18.6 Å². The van der Waals surface area contributed by atoms with Gasteiger partial charge in [-0.3, -0.25) is 0 Å². The summed E-state index contributed by atoms with van der Waals surface area (Å²) in [5.74, 6) is -0.431. The lowest BCUT2D eigenvalue weighted by molar-refractivity contribution is 0.468. The van der Waals surface area contributed by atoms with Crippen molar-refractivity contribution in [1.82, 2.24) is 9.55 Å². The highest BCUT2D eigenvalue weighted by Gasteiger charge is 2.02. The van der Waals surface area contributed by atoms with Crippen LogP contribution in [0.4, 0.5) is 4.39 Å². The van der Waals surface area contributed by atoms with Crippen LogP contribution in [0.2, 0.25) is 0 Å². The van der Waals surface area contributed by atoms with Crippen molar-refractivity contribution in [3.8, 4) is 5.75 Å². The molecular formula is C12H13FN2O. The average Bonchev–Trinajstić information content (AvgIpc) is 2.59. The second-order valence-corrected chi connectivity index (χ2v) is 3.81. The Morgan fingerprint density at radius 1 is 1.31 bits per heavy atom. The zero-order chi connectivity index (χ0) is 11.5. The predicted octanol–water partition coefficient (Wildman–Crippen LogP) is 2.05. The van der Waals surface area contributed by atoms with E-state index < -0.39 is 5.82 Å². The molecule has 0 saturated carbocycles. The summed E-state index contributed by atoms with van der Waals surface area (Å²) in [6.45, 7) is 0. The lowest BCUT2D eigenvalue weighted by atomic mass is 10.1. The minimum Gasteiger partial charge on any atom is -0.508 e. The number of halogens is 1. The van der Waals surface area contributed by atoms with Crippen molar-refractivity contribution >= 4 is 0 Å². The quantitative estimate of drug-likeness (QED) is 0.859. The van der Waals surface area contributed by atoms with Gasteiger partial charge in [0.05, 0.1) is 6.33 Å². The van der Waals surface area contributed by atoms with Crippen LogP contribution in [0.1, 0.15) is 11.3 Å². The molecule has 0 aliphatic heterocycles. The topological polar surface area (TPSA) is 38.0 Å². The zero-order valence-corrected chi connectivity index (χ0v) is 9.02. The molecular weight excluding hydrogens is 207 g/mol. The molecule has 4 heteroatoms.